The van der Waals surface area contributed by atoms with Gasteiger partial charge in [-0.05, 0) is 32.1 Å². The Morgan fingerprint density at radius 2 is 2.00 bits per heavy atom. The second kappa shape index (κ2) is 7.13. The molecule has 3 aromatic rings. The van der Waals surface area contributed by atoms with Crippen LogP contribution in [0.4, 0.5) is 0 Å². The number of halogens is 1. The van der Waals surface area contributed by atoms with E-state index in [2.05, 4.69) is 0 Å². The van der Waals surface area contributed by atoms with Crippen molar-refractivity contribution in [3.63, 3.8) is 0 Å². The number of likely N-dealkylation sites (tertiary alicyclic amines) is 1. The molecule has 2 unspecified atom stereocenters. The van der Waals surface area contributed by atoms with Crippen molar-refractivity contribution in [2.45, 2.75) is 18.4 Å². The van der Waals surface area contributed by atoms with Gasteiger partial charge in [0.2, 0.25) is 0 Å². The predicted molar refractivity (Wildman–Crippen MR) is 107 cm³/mol. The molecule has 1 fully saturated rings. The first-order valence-electron chi connectivity index (χ1n) is 9.00. The predicted octanol–water partition coefficient (Wildman–Crippen LogP) is 3.30. The number of phenolic OH excluding ortho intramolecular Hbond substituents is 2. The van der Waals surface area contributed by atoms with Crippen molar-refractivity contribution in [2.75, 3.05) is 20.2 Å². The quantitative estimate of drug-likeness (QED) is 0.623. The summed E-state index contributed by atoms with van der Waals surface area (Å²) < 4.78 is 6.04. The molecule has 1 aromatic heterocycles. The van der Waals surface area contributed by atoms with E-state index in [0.29, 0.717) is 22.6 Å². The number of phenols is 2. The fourth-order valence-electron chi connectivity index (χ4n) is 4.08. The number of hydrogen-bond donors (Lipinski definition) is 3. The highest BCUT2D eigenvalue weighted by Gasteiger charge is 2.36. The Morgan fingerprint density at radius 1 is 1.21 bits per heavy atom. The third kappa shape index (κ3) is 3.03. The molecule has 4 rings (SSSR count). The van der Waals surface area contributed by atoms with Crippen LogP contribution in [0.5, 0.6) is 11.5 Å². The molecule has 0 radical (unpaired) electrons. The van der Waals surface area contributed by atoms with Gasteiger partial charge in [-0.1, -0.05) is 23.7 Å². The number of rotatable bonds is 3. The van der Waals surface area contributed by atoms with Gasteiger partial charge in [-0.3, -0.25) is 4.79 Å². The average molecular weight is 402 g/mol. The maximum atomic E-state index is 12.8. The highest BCUT2D eigenvalue weighted by atomic mass is 35.5. The van der Waals surface area contributed by atoms with Gasteiger partial charge in [-0.15, -0.1) is 0 Å². The summed E-state index contributed by atoms with van der Waals surface area (Å²) >= 11 is 6.06. The molecule has 0 bridgehead atoms. The number of benzene rings is 2. The van der Waals surface area contributed by atoms with Gasteiger partial charge in [0, 0.05) is 40.2 Å². The lowest BCUT2D eigenvalue weighted by Crippen LogP contribution is -2.32. The van der Waals surface area contributed by atoms with Crippen molar-refractivity contribution in [2.24, 2.45) is 0 Å². The van der Waals surface area contributed by atoms with Crippen LogP contribution in [-0.2, 0) is 0 Å². The molecule has 1 aliphatic rings. The molecule has 3 N–H and O–H groups in total. The van der Waals surface area contributed by atoms with Gasteiger partial charge >= 0.3 is 0 Å². The van der Waals surface area contributed by atoms with E-state index >= 15 is 0 Å². The van der Waals surface area contributed by atoms with Crippen LogP contribution in [0, 0.1) is 0 Å². The topological polar surface area (TPSA) is 94.1 Å². The maximum absolute atomic E-state index is 12.8. The van der Waals surface area contributed by atoms with Crippen molar-refractivity contribution in [1.29, 1.82) is 0 Å². The summed E-state index contributed by atoms with van der Waals surface area (Å²) in [5.74, 6) is -0.446. The van der Waals surface area contributed by atoms with Crippen LogP contribution >= 0.6 is 11.6 Å². The van der Waals surface area contributed by atoms with Crippen molar-refractivity contribution in [3.05, 3.63) is 57.2 Å². The number of aliphatic hydroxyl groups is 1. The fourth-order valence-corrected chi connectivity index (χ4v) is 4.27. The molecule has 146 valence electrons. The van der Waals surface area contributed by atoms with Gasteiger partial charge in [0.05, 0.1) is 6.61 Å². The Labute approximate surface area is 166 Å². The van der Waals surface area contributed by atoms with E-state index in [1.807, 2.05) is 11.9 Å². The Bertz CT molecular complexity index is 1110. The van der Waals surface area contributed by atoms with Crippen LogP contribution < -0.4 is 5.43 Å². The lowest BCUT2D eigenvalue weighted by atomic mass is 9.89. The molecule has 0 amide bonds. The minimum Gasteiger partial charge on any atom is -0.507 e. The maximum Gasteiger partial charge on any atom is 0.197 e. The molecular weight excluding hydrogens is 382 g/mol. The minimum atomic E-state index is -0.415. The molecule has 2 aromatic carbocycles. The monoisotopic (exact) mass is 401 g/mol. The number of aromatic hydroxyl groups is 2. The Hall–Kier alpha value is -2.54. The van der Waals surface area contributed by atoms with Gasteiger partial charge in [0.25, 0.3) is 0 Å². The van der Waals surface area contributed by atoms with E-state index < -0.39 is 5.43 Å². The van der Waals surface area contributed by atoms with E-state index in [1.54, 1.807) is 24.3 Å². The standard InChI is InChI=1S/C21H20ClNO5/c1-23-6-5-13(14(23)10-24)19-15(25)8-16(26)20-17(27)9-18(28-21(19)20)11-3-2-4-12(22)7-11/h2-4,7-9,13-14,24-26H,5-6,10H2,1H3. The van der Waals surface area contributed by atoms with Crippen LogP contribution in [0.1, 0.15) is 17.9 Å². The van der Waals surface area contributed by atoms with Gasteiger partial charge in [0.1, 0.15) is 28.2 Å². The Morgan fingerprint density at radius 3 is 2.71 bits per heavy atom. The smallest absolute Gasteiger partial charge is 0.197 e. The summed E-state index contributed by atoms with van der Waals surface area (Å²) in [5, 5.41) is 31.2. The van der Waals surface area contributed by atoms with Crippen molar-refractivity contribution < 1.29 is 19.7 Å². The molecular formula is C21H20ClNO5. The Balaban J connectivity index is 2.01. The first kappa shape index (κ1) is 18.8. The van der Waals surface area contributed by atoms with E-state index in [0.717, 1.165) is 6.54 Å². The van der Waals surface area contributed by atoms with Crippen LogP contribution in [-0.4, -0.2) is 46.5 Å². The highest BCUT2D eigenvalue weighted by Crippen LogP contribution is 2.44. The fraction of sp³-hybridized carbons (Fsp3) is 0.286. The highest BCUT2D eigenvalue weighted by molar-refractivity contribution is 6.30. The number of likely N-dealkylation sites (N-methyl/N-ethyl adjacent to an activating group) is 1. The first-order valence-corrected chi connectivity index (χ1v) is 9.38. The SMILES string of the molecule is CN1CCC(c2c(O)cc(O)c3c(=O)cc(-c4cccc(Cl)c4)oc23)C1CO. The van der Waals surface area contributed by atoms with Gasteiger partial charge < -0.3 is 24.6 Å². The third-order valence-corrected chi connectivity index (χ3v) is 5.72. The van der Waals surface area contributed by atoms with Crippen molar-refractivity contribution in [1.82, 2.24) is 4.90 Å². The van der Waals surface area contributed by atoms with E-state index in [1.165, 1.54) is 12.1 Å². The molecule has 0 spiro atoms. The largest absolute Gasteiger partial charge is 0.507 e. The molecule has 28 heavy (non-hydrogen) atoms. The summed E-state index contributed by atoms with van der Waals surface area (Å²) in [6.45, 7) is 0.636. The molecule has 1 aliphatic heterocycles. The van der Waals surface area contributed by atoms with Crippen LogP contribution in [0.3, 0.4) is 0 Å². The number of hydrogen-bond acceptors (Lipinski definition) is 6. The number of fused-ring (bicyclic) bond motifs is 1. The minimum absolute atomic E-state index is 0.0184. The number of aliphatic hydroxyl groups excluding tert-OH is 1. The summed E-state index contributed by atoms with van der Waals surface area (Å²) in [4.78, 5) is 14.8. The third-order valence-electron chi connectivity index (χ3n) is 5.49. The van der Waals surface area contributed by atoms with Crippen molar-refractivity contribution in [3.8, 4) is 22.8 Å². The zero-order valence-corrected chi connectivity index (χ0v) is 16.0. The summed E-state index contributed by atoms with van der Waals surface area (Å²) in [7, 11) is 1.90. The van der Waals surface area contributed by atoms with Crippen LogP contribution in [0.15, 0.2) is 45.6 Å². The molecule has 7 heteroatoms. The molecule has 0 saturated carbocycles. The van der Waals surface area contributed by atoms with Crippen LogP contribution in [0.25, 0.3) is 22.3 Å². The summed E-state index contributed by atoms with van der Waals surface area (Å²) in [6.07, 6.45) is 0.681. The van der Waals surface area contributed by atoms with Gasteiger partial charge in [0.15, 0.2) is 5.43 Å². The molecule has 0 aliphatic carbocycles. The Kier molecular flexibility index (Phi) is 4.79. The van der Waals surface area contributed by atoms with Gasteiger partial charge in [-0.25, -0.2) is 0 Å². The lowest BCUT2D eigenvalue weighted by molar-refractivity contribution is 0.172. The lowest BCUT2D eigenvalue weighted by Gasteiger charge is -2.24. The zero-order chi connectivity index (χ0) is 20.0. The normalized spacial score (nSPS) is 20.1. The van der Waals surface area contributed by atoms with E-state index in [9.17, 15) is 20.1 Å². The van der Waals surface area contributed by atoms with E-state index in [-0.39, 0.29) is 46.8 Å². The average Bonchev–Trinajstić information content (AvgIpc) is 3.01. The second-order valence-corrected chi connectivity index (χ2v) is 7.58. The van der Waals surface area contributed by atoms with Crippen LogP contribution in [0.2, 0.25) is 5.02 Å². The second-order valence-electron chi connectivity index (χ2n) is 7.14. The number of nitrogens with zero attached hydrogens (tertiary/aromatic N) is 1. The van der Waals surface area contributed by atoms with E-state index in [4.69, 9.17) is 16.0 Å². The summed E-state index contributed by atoms with van der Waals surface area (Å²) in [5.41, 5.74) is 0.764. The zero-order valence-electron chi connectivity index (χ0n) is 15.2. The van der Waals surface area contributed by atoms with Gasteiger partial charge in [-0.2, -0.15) is 0 Å². The molecule has 6 nitrogen and oxygen atoms in total. The van der Waals surface area contributed by atoms with Crippen molar-refractivity contribution >= 4 is 22.6 Å². The first-order chi connectivity index (χ1) is 13.4. The molecule has 2 heterocycles. The summed E-state index contributed by atoms with van der Waals surface area (Å²) in [6, 6.07) is 9.15. The molecule has 1 saturated heterocycles. The molecule has 2 atom stereocenters.